The van der Waals surface area contributed by atoms with Crippen molar-refractivity contribution in [2.75, 3.05) is 24.5 Å². The average Bonchev–Trinajstić information content (AvgIpc) is 3.43. The Hall–Kier alpha value is -3.75. The quantitative estimate of drug-likeness (QED) is 0.165. The zero-order valence-electron chi connectivity index (χ0n) is 29.1. The van der Waals surface area contributed by atoms with Gasteiger partial charge in [0.25, 0.3) is 0 Å². The van der Waals surface area contributed by atoms with Crippen LogP contribution in [0.3, 0.4) is 0 Å². The van der Waals surface area contributed by atoms with E-state index in [9.17, 15) is 10.1 Å². The number of aryl methyl sites for hydroxylation is 2. The lowest BCUT2D eigenvalue weighted by molar-refractivity contribution is -0.135. The van der Waals surface area contributed by atoms with Gasteiger partial charge in [0.1, 0.15) is 10.1 Å². The molecule has 0 radical (unpaired) electrons. The molecule has 4 bridgehead atoms. The number of carbonyl (C=O) groups is 1. The van der Waals surface area contributed by atoms with Crippen LogP contribution in [-0.4, -0.2) is 57.1 Å². The lowest BCUT2D eigenvalue weighted by atomic mass is 9.79. The first-order valence-electron chi connectivity index (χ1n) is 18.6. The van der Waals surface area contributed by atoms with Gasteiger partial charge in [-0.05, 0) is 96.8 Å². The number of benzene rings is 2. The first-order valence-corrected chi connectivity index (χ1v) is 20.2. The fourth-order valence-electron chi connectivity index (χ4n) is 10.1. The minimum absolute atomic E-state index is 0.0810. The molecule has 1 N–H and O–H groups in total. The summed E-state index contributed by atoms with van der Waals surface area (Å²) in [5.74, 6) is 0.521. The van der Waals surface area contributed by atoms with Crippen LogP contribution < -0.4 is 10.2 Å². The molecule has 4 saturated heterocycles. The van der Waals surface area contributed by atoms with Crippen molar-refractivity contribution >= 4 is 72.5 Å². The van der Waals surface area contributed by atoms with E-state index in [2.05, 4.69) is 64.9 Å². The maximum atomic E-state index is 17.3. The van der Waals surface area contributed by atoms with Crippen LogP contribution in [0.15, 0.2) is 53.3 Å². The summed E-state index contributed by atoms with van der Waals surface area (Å²) in [6.07, 6.45) is 6.31. The molecule has 4 aliphatic heterocycles. The maximum absolute atomic E-state index is 17.3. The number of likely N-dealkylation sites (tertiary alicyclic amines) is 1. The largest absolute Gasteiger partial charge is 0.369 e. The minimum Gasteiger partial charge on any atom is -0.369 e. The molecule has 6 aliphatic rings. The summed E-state index contributed by atoms with van der Waals surface area (Å²) in [7, 11) is 0. The van der Waals surface area contributed by atoms with Crippen LogP contribution in [0.2, 0.25) is 10.0 Å². The van der Waals surface area contributed by atoms with Gasteiger partial charge in [-0.2, -0.15) is 5.26 Å². The molecular formula is C41H37BrCl2FN7O. The summed E-state index contributed by atoms with van der Waals surface area (Å²) >= 11 is 16.7. The SMILES string of the molecule is Cc1nc2c(F)c(-c3cccc(Cl)c3Cl)c(CCC#N)cc2c2c1cc(C1C3CC(CN(c4ccnc(Br)c4)C3)N1C(=O)C1CC1)n2C1C2CNC1C2. The van der Waals surface area contributed by atoms with Crippen molar-refractivity contribution in [3.8, 4) is 17.2 Å². The number of hydrogen-bond acceptors (Lipinski definition) is 6. The summed E-state index contributed by atoms with van der Waals surface area (Å²) < 4.78 is 20.6. The van der Waals surface area contributed by atoms with Crippen LogP contribution in [0.4, 0.5) is 10.1 Å². The van der Waals surface area contributed by atoms with Gasteiger partial charge in [0.15, 0.2) is 5.82 Å². The Morgan fingerprint density at radius 2 is 1.96 bits per heavy atom. The van der Waals surface area contributed by atoms with Crippen molar-refractivity contribution in [2.24, 2.45) is 17.8 Å². The Morgan fingerprint density at radius 3 is 2.70 bits per heavy atom. The fourth-order valence-corrected chi connectivity index (χ4v) is 10.9. The third-order valence-corrected chi connectivity index (χ3v) is 13.8. The predicted octanol–water partition coefficient (Wildman–Crippen LogP) is 8.95. The standard InChI is InChI=1S/C41H37BrCl2FN7O/c1-20-28-16-32(39-24-12-26(51(39)41(53)21-7-8-21)19-50(18-24)25-9-11-47-33(42)15-25)52(38-23-14-31(38)48-17-23)40(28)29-13-22(4-3-10-46)34(36(45)37(29)49-20)27-5-2-6-30(43)35(27)44/h2,5-6,9,11,13,15-16,21,23-24,26,31,38-39,48H,3-4,7-8,12,14,17-19H2,1H3. The van der Waals surface area contributed by atoms with E-state index < -0.39 is 5.82 Å². The average molecular weight is 814 g/mol. The number of piperidine rings is 1. The molecular weight excluding hydrogens is 776 g/mol. The van der Waals surface area contributed by atoms with Crippen molar-refractivity contribution in [1.29, 1.82) is 5.26 Å². The lowest BCUT2D eigenvalue weighted by Crippen LogP contribution is -2.45. The van der Waals surface area contributed by atoms with Crippen LogP contribution >= 0.6 is 39.1 Å². The molecule has 6 fully saturated rings. The molecule has 270 valence electrons. The summed E-state index contributed by atoms with van der Waals surface area (Å²) in [5.41, 5.74) is 5.72. The van der Waals surface area contributed by atoms with E-state index in [4.69, 9.17) is 28.2 Å². The molecule has 53 heavy (non-hydrogen) atoms. The molecule has 5 aromatic rings. The van der Waals surface area contributed by atoms with E-state index in [0.29, 0.717) is 40.1 Å². The van der Waals surface area contributed by atoms with Crippen molar-refractivity contribution in [3.63, 3.8) is 0 Å². The Morgan fingerprint density at radius 1 is 1.11 bits per heavy atom. The molecule has 1 amide bonds. The first kappa shape index (κ1) is 33.8. The number of carbonyl (C=O) groups excluding carboxylic acids is 1. The number of hydrogen-bond donors (Lipinski definition) is 1. The second-order valence-electron chi connectivity index (χ2n) is 15.6. The van der Waals surface area contributed by atoms with Crippen LogP contribution in [0.1, 0.15) is 61.1 Å². The third-order valence-electron chi connectivity index (χ3n) is 12.6. The minimum atomic E-state index is -0.463. The van der Waals surface area contributed by atoms with Crippen molar-refractivity contribution in [1.82, 2.24) is 24.8 Å². The Balaban J connectivity index is 1.21. The molecule has 8 nitrogen and oxygen atoms in total. The number of nitriles is 1. The highest BCUT2D eigenvalue weighted by Gasteiger charge is 2.55. The highest BCUT2D eigenvalue weighted by atomic mass is 79.9. The Labute approximate surface area is 325 Å². The van der Waals surface area contributed by atoms with E-state index in [-0.39, 0.29) is 52.8 Å². The van der Waals surface area contributed by atoms with Crippen LogP contribution in [0.25, 0.3) is 32.9 Å². The lowest BCUT2D eigenvalue weighted by Gasteiger charge is -2.40. The van der Waals surface area contributed by atoms with E-state index in [1.165, 1.54) is 0 Å². The van der Waals surface area contributed by atoms with E-state index in [1.807, 2.05) is 19.2 Å². The number of amides is 1. The smallest absolute Gasteiger partial charge is 0.226 e. The fraction of sp³-hybridized carbons (Fsp3) is 0.415. The number of aromatic nitrogens is 3. The van der Waals surface area contributed by atoms with Gasteiger partial charge in [-0.15, -0.1) is 0 Å². The number of rotatable bonds is 7. The first-order chi connectivity index (χ1) is 25.7. The van der Waals surface area contributed by atoms with Crippen LogP contribution in [-0.2, 0) is 11.2 Å². The van der Waals surface area contributed by atoms with Gasteiger partial charge in [-0.25, -0.2) is 14.4 Å². The summed E-state index contributed by atoms with van der Waals surface area (Å²) in [6.45, 7) is 4.48. The second kappa shape index (κ2) is 12.7. The van der Waals surface area contributed by atoms with Gasteiger partial charge in [-0.1, -0.05) is 35.3 Å². The molecule has 7 heterocycles. The molecule has 6 unspecified atom stereocenters. The highest BCUT2D eigenvalue weighted by molar-refractivity contribution is 9.10. The number of anilines is 1. The normalized spacial score (nSPS) is 26.0. The number of fused-ring (bicyclic) bond motifs is 6. The van der Waals surface area contributed by atoms with Crippen molar-refractivity contribution in [2.45, 2.75) is 69.6 Å². The van der Waals surface area contributed by atoms with Gasteiger partial charge >= 0.3 is 0 Å². The summed E-state index contributed by atoms with van der Waals surface area (Å²) in [6, 6.07) is 16.3. The summed E-state index contributed by atoms with van der Waals surface area (Å²) in [4.78, 5) is 28.4. The molecule has 2 aromatic carbocycles. The third kappa shape index (κ3) is 5.25. The van der Waals surface area contributed by atoms with Crippen LogP contribution in [0.5, 0.6) is 0 Å². The molecule has 6 atom stereocenters. The molecule has 0 spiro atoms. The second-order valence-corrected chi connectivity index (χ2v) is 17.2. The zero-order chi connectivity index (χ0) is 36.3. The molecule has 11 rings (SSSR count). The topological polar surface area (TPSA) is 90.1 Å². The van der Waals surface area contributed by atoms with E-state index >= 15 is 4.39 Å². The van der Waals surface area contributed by atoms with Crippen molar-refractivity contribution < 1.29 is 9.18 Å². The Bertz CT molecular complexity index is 2390. The zero-order valence-corrected chi connectivity index (χ0v) is 32.2. The summed E-state index contributed by atoms with van der Waals surface area (Å²) in [5, 5.41) is 15.7. The van der Waals surface area contributed by atoms with Crippen molar-refractivity contribution in [3.05, 3.63) is 86.1 Å². The highest BCUT2D eigenvalue weighted by Crippen LogP contribution is 2.54. The monoisotopic (exact) mass is 811 g/mol. The van der Waals surface area contributed by atoms with Gasteiger partial charge < -0.3 is 19.7 Å². The van der Waals surface area contributed by atoms with Gasteiger partial charge in [0.2, 0.25) is 5.91 Å². The van der Waals surface area contributed by atoms with E-state index in [1.54, 1.807) is 18.2 Å². The molecule has 3 aromatic heterocycles. The maximum Gasteiger partial charge on any atom is 0.226 e. The number of pyridine rings is 2. The van der Waals surface area contributed by atoms with Crippen LogP contribution in [0, 0.1) is 41.8 Å². The van der Waals surface area contributed by atoms with Gasteiger partial charge in [0, 0.05) is 89.1 Å². The predicted molar refractivity (Wildman–Crippen MR) is 209 cm³/mol. The Kier molecular flexibility index (Phi) is 8.07. The molecule has 12 heteroatoms. The number of halogens is 4. The number of nitrogens with one attached hydrogen (secondary N) is 1. The van der Waals surface area contributed by atoms with Gasteiger partial charge in [-0.3, -0.25) is 4.79 Å². The van der Waals surface area contributed by atoms with Gasteiger partial charge in [0.05, 0.1) is 39.8 Å². The number of nitrogens with zero attached hydrogens (tertiary/aromatic N) is 6. The van der Waals surface area contributed by atoms with E-state index in [0.717, 1.165) is 83.3 Å². The molecule has 2 saturated carbocycles. The molecule has 2 aliphatic carbocycles.